The maximum Gasteiger partial charge on any atom is 0.286 e. The first-order chi connectivity index (χ1) is 12.1. The van der Waals surface area contributed by atoms with Crippen molar-refractivity contribution in [3.05, 3.63) is 54.2 Å². The summed E-state index contributed by atoms with van der Waals surface area (Å²) in [5.41, 5.74) is 0.995. The molecule has 0 aliphatic carbocycles. The molecule has 2 heterocycles. The van der Waals surface area contributed by atoms with Gasteiger partial charge in [-0.1, -0.05) is 30.0 Å². The fourth-order valence-corrected chi connectivity index (χ4v) is 3.29. The van der Waals surface area contributed by atoms with Gasteiger partial charge >= 0.3 is 0 Å². The summed E-state index contributed by atoms with van der Waals surface area (Å²) in [6, 6.07) is 13.4. The molecule has 1 saturated heterocycles. The maximum absolute atomic E-state index is 11.6. The van der Waals surface area contributed by atoms with Gasteiger partial charge < -0.3 is 10.1 Å². The number of amides is 2. The molecule has 2 N–H and O–H groups in total. The Bertz CT molecular complexity index is 737. The standard InChI is InChI=1S/C18H19N3O3S/c1-12(20-16-4-2-3-9-19-16)11-24-14-7-5-13(6-8-14)10-15-17(22)21-18(23)25-15/h2-9,12,15H,10-11H2,1H3,(H,19,20)(H,21,22,23). The van der Waals surface area contributed by atoms with Crippen molar-refractivity contribution in [3.63, 3.8) is 0 Å². The predicted molar refractivity (Wildman–Crippen MR) is 97.9 cm³/mol. The van der Waals surface area contributed by atoms with Crippen LogP contribution in [0.4, 0.5) is 10.6 Å². The number of benzene rings is 1. The molecule has 3 rings (SSSR count). The highest BCUT2D eigenvalue weighted by Crippen LogP contribution is 2.23. The molecular weight excluding hydrogens is 338 g/mol. The van der Waals surface area contributed by atoms with Gasteiger partial charge in [0.15, 0.2) is 0 Å². The number of hydrogen-bond donors (Lipinski definition) is 2. The van der Waals surface area contributed by atoms with Crippen LogP contribution in [0, 0.1) is 0 Å². The van der Waals surface area contributed by atoms with Crippen LogP contribution >= 0.6 is 11.8 Å². The van der Waals surface area contributed by atoms with Crippen molar-refractivity contribution in [2.45, 2.75) is 24.6 Å². The number of thioether (sulfide) groups is 1. The first-order valence-electron chi connectivity index (χ1n) is 8.01. The van der Waals surface area contributed by atoms with Crippen molar-refractivity contribution in [2.24, 2.45) is 0 Å². The zero-order valence-electron chi connectivity index (χ0n) is 13.8. The van der Waals surface area contributed by atoms with E-state index in [-0.39, 0.29) is 22.4 Å². The molecule has 6 nitrogen and oxygen atoms in total. The highest BCUT2D eigenvalue weighted by atomic mass is 32.2. The second-order valence-electron chi connectivity index (χ2n) is 5.80. The minimum atomic E-state index is -0.345. The molecule has 0 radical (unpaired) electrons. The molecule has 0 spiro atoms. The monoisotopic (exact) mass is 357 g/mol. The molecule has 1 aromatic heterocycles. The Balaban J connectivity index is 1.47. The minimum absolute atomic E-state index is 0.110. The zero-order valence-corrected chi connectivity index (χ0v) is 14.6. The number of ether oxygens (including phenoxy) is 1. The van der Waals surface area contributed by atoms with E-state index in [1.807, 2.05) is 49.4 Å². The molecule has 2 unspecified atom stereocenters. The van der Waals surface area contributed by atoms with Gasteiger partial charge in [-0.3, -0.25) is 14.9 Å². The first-order valence-corrected chi connectivity index (χ1v) is 8.89. The highest BCUT2D eigenvalue weighted by Gasteiger charge is 2.31. The van der Waals surface area contributed by atoms with E-state index in [4.69, 9.17) is 4.74 Å². The number of nitrogens with one attached hydrogen (secondary N) is 2. The molecule has 130 valence electrons. The molecule has 0 saturated carbocycles. The van der Waals surface area contributed by atoms with Gasteiger partial charge in [0.1, 0.15) is 18.2 Å². The summed E-state index contributed by atoms with van der Waals surface area (Å²) < 4.78 is 5.77. The molecule has 2 aromatic rings. The Hall–Kier alpha value is -2.54. The molecular formula is C18H19N3O3S. The summed E-state index contributed by atoms with van der Waals surface area (Å²) >= 11 is 1.04. The van der Waals surface area contributed by atoms with E-state index >= 15 is 0 Å². The minimum Gasteiger partial charge on any atom is -0.491 e. The number of pyridine rings is 1. The summed E-state index contributed by atoms with van der Waals surface area (Å²) in [5, 5.41) is 4.95. The zero-order chi connectivity index (χ0) is 17.6. The first kappa shape index (κ1) is 17.3. The molecule has 1 aliphatic rings. The fraction of sp³-hybridized carbons (Fsp3) is 0.278. The Morgan fingerprint density at radius 1 is 1.24 bits per heavy atom. The van der Waals surface area contributed by atoms with Gasteiger partial charge in [-0.05, 0) is 43.2 Å². The summed E-state index contributed by atoms with van der Waals surface area (Å²) in [5.74, 6) is 1.36. The van der Waals surface area contributed by atoms with E-state index < -0.39 is 0 Å². The van der Waals surface area contributed by atoms with Gasteiger partial charge in [-0.2, -0.15) is 0 Å². The molecule has 7 heteroatoms. The third kappa shape index (κ3) is 4.96. The lowest BCUT2D eigenvalue weighted by Crippen LogP contribution is -2.25. The Labute approximate surface area is 150 Å². The summed E-state index contributed by atoms with van der Waals surface area (Å²) in [4.78, 5) is 27.0. The number of carbonyl (C=O) groups is 2. The molecule has 0 bridgehead atoms. The number of carbonyl (C=O) groups excluding carboxylic acids is 2. The van der Waals surface area contributed by atoms with Crippen LogP contribution < -0.4 is 15.4 Å². The van der Waals surface area contributed by atoms with Crippen LogP contribution in [0.3, 0.4) is 0 Å². The van der Waals surface area contributed by atoms with Gasteiger partial charge in [0.25, 0.3) is 5.24 Å². The Kier molecular flexibility index (Phi) is 5.55. The van der Waals surface area contributed by atoms with Crippen molar-refractivity contribution in [3.8, 4) is 5.75 Å². The SMILES string of the molecule is CC(COc1ccc(CC2SC(=O)NC2=O)cc1)Nc1ccccn1. The largest absolute Gasteiger partial charge is 0.491 e. The normalized spacial score (nSPS) is 17.9. The smallest absolute Gasteiger partial charge is 0.286 e. The van der Waals surface area contributed by atoms with Crippen LogP contribution in [-0.4, -0.2) is 34.0 Å². The molecule has 2 atom stereocenters. The highest BCUT2D eigenvalue weighted by molar-refractivity contribution is 8.15. The van der Waals surface area contributed by atoms with Gasteiger partial charge in [0.05, 0.1) is 11.3 Å². The number of nitrogens with zero attached hydrogens (tertiary/aromatic N) is 1. The lowest BCUT2D eigenvalue weighted by atomic mass is 10.1. The molecule has 1 aliphatic heterocycles. The van der Waals surface area contributed by atoms with Crippen LogP contribution in [0.15, 0.2) is 48.7 Å². The number of hydrogen-bond acceptors (Lipinski definition) is 6. The van der Waals surface area contributed by atoms with Crippen molar-refractivity contribution in [1.82, 2.24) is 10.3 Å². The van der Waals surface area contributed by atoms with E-state index in [0.717, 1.165) is 28.9 Å². The quantitative estimate of drug-likeness (QED) is 0.793. The van der Waals surface area contributed by atoms with E-state index in [1.54, 1.807) is 6.20 Å². The topological polar surface area (TPSA) is 80.3 Å². The third-order valence-corrected chi connectivity index (χ3v) is 4.65. The summed E-state index contributed by atoms with van der Waals surface area (Å²) in [7, 11) is 0. The van der Waals surface area contributed by atoms with Crippen molar-refractivity contribution in [2.75, 3.05) is 11.9 Å². The van der Waals surface area contributed by atoms with E-state index in [9.17, 15) is 9.59 Å². The van der Waals surface area contributed by atoms with Crippen LogP contribution in [0.25, 0.3) is 0 Å². The van der Waals surface area contributed by atoms with E-state index in [0.29, 0.717) is 13.0 Å². The second-order valence-corrected chi connectivity index (χ2v) is 6.98. The number of aromatic nitrogens is 1. The fourth-order valence-electron chi connectivity index (χ4n) is 2.43. The van der Waals surface area contributed by atoms with Crippen LogP contribution in [0.1, 0.15) is 12.5 Å². The van der Waals surface area contributed by atoms with E-state index in [1.165, 1.54) is 0 Å². The predicted octanol–water partition coefficient (Wildman–Crippen LogP) is 2.86. The Morgan fingerprint density at radius 2 is 2.04 bits per heavy atom. The maximum atomic E-state index is 11.6. The van der Waals surface area contributed by atoms with E-state index in [2.05, 4.69) is 15.6 Å². The lowest BCUT2D eigenvalue weighted by molar-refractivity contribution is -0.118. The lowest BCUT2D eigenvalue weighted by Gasteiger charge is -2.15. The number of rotatable bonds is 7. The molecule has 25 heavy (non-hydrogen) atoms. The Morgan fingerprint density at radius 3 is 2.68 bits per heavy atom. The van der Waals surface area contributed by atoms with Crippen LogP contribution in [0.5, 0.6) is 5.75 Å². The summed E-state index contributed by atoms with van der Waals surface area (Å²) in [6.45, 7) is 2.53. The van der Waals surface area contributed by atoms with Gasteiger partial charge in [-0.15, -0.1) is 0 Å². The average Bonchev–Trinajstić information content (AvgIpc) is 2.92. The van der Waals surface area contributed by atoms with Gasteiger partial charge in [0.2, 0.25) is 5.91 Å². The average molecular weight is 357 g/mol. The second kappa shape index (κ2) is 8.02. The van der Waals surface area contributed by atoms with Crippen molar-refractivity contribution in [1.29, 1.82) is 0 Å². The number of imide groups is 1. The van der Waals surface area contributed by atoms with Crippen LogP contribution in [0.2, 0.25) is 0 Å². The van der Waals surface area contributed by atoms with Gasteiger partial charge in [-0.25, -0.2) is 4.98 Å². The third-order valence-electron chi connectivity index (χ3n) is 3.67. The molecule has 1 fully saturated rings. The molecule has 1 aromatic carbocycles. The molecule has 2 amide bonds. The van der Waals surface area contributed by atoms with Crippen molar-refractivity contribution >= 4 is 28.7 Å². The van der Waals surface area contributed by atoms with Gasteiger partial charge in [0, 0.05) is 6.20 Å². The van der Waals surface area contributed by atoms with Crippen LogP contribution in [-0.2, 0) is 11.2 Å². The van der Waals surface area contributed by atoms with Crippen molar-refractivity contribution < 1.29 is 14.3 Å². The number of anilines is 1. The summed E-state index contributed by atoms with van der Waals surface area (Å²) in [6.07, 6.45) is 2.27.